The summed E-state index contributed by atoms with van der Waals surface area (Å²) < 4.78 is 5.55. The van der Waals surface area contributed by atoms with Gasteiger partial charge in [-0.3, -0.25) is 14.4 Å². The maximum Gasteiger partial charge on any atom is 0.308 e. The summed E-state index contributed by atoms with van der Waals surface area (Å²) >= 11 is 1.60. The number of carbonyl (C=O) groups is 3. The van der Waals surface area contributed by atoms with Crippen LogP contribution in [0.1, 0.15) is 49.7 Å². The van der Waals surface area contributed by atoms with Gasteiger partial charge in [0.15, 0.2) is 0 Å². The van der Waals surface area contributed by atoms with Crippen LogP contribution in [0.3, 0.4) is 0 Å². The predicted octanol–water partition coefficient (Wildman–Crippen LogP) is 3.94. The number of esters is 1. The average Bonchev–Trinajstić information content (AvgIpc) is 2.84. The highest BCUT2D eigenvalue weighted by molar-refractivity contribution is 7.98. The van der Waals surface area contributed by atoms with Crippen molar-refractivity contribution in [1.29, 1.82) is 0 Å². The van der Waals surface area contributed by atoms with Crippen molar-refractivity contribution in [2.24, 2.45) is 5.73 Å². The zero-order valence-electron chi connectivity index (χ0n) is 19.5. The summed E-state index contributed by atoms with van der Waals surface area (Å²) in [6.07, 6.45) is 4.52. The molecule has 182 valence electrons. The molecular weight excluding hydrogens is 450 g/mol. The predicted molar refractivity (Wildman–Crippen MR) is 134 cm³/mol. The molecule has 1 atom stereocenters. The van der Waals surface area contributed by atoms with E-state index in [1.54, 1.807) is 17.8 Å². The maximum absolute atomic E-state index is 13.1. The van der Waals surface area contributed by atoms with Crippen LogP contribution in [0.5, 0.6) is 0 Å². The van der Waals surface area contributed by atoms with E-state index in [-0.39, 0.29) is 19.1 Å². The molecule has 2 aromatic carbocycles. The van der Waals surface area contributed by atoms with Gasteiger partial charge in [-0.1, -0.05) is 48.4 Å². The van der Waals surface area contributed by atoms with Crippen molar-refractivity contribution in [2.75, 3.05) is 11.9 Å². The summed E-state index contributed by atoms with van der Waals surface area (Å²) in [6, 6.07) is 14.7. The van der Waals surface area contributed by atoms with Crippen molar-refractivity contribution >= 4 is 35.2 Å². The number of thioether (sulfide) groups is 1. The Morgan fingerprint density at radius 2 is 1.76 bits per heavy atom. The number of benzene rings is 2. The number of para-hydroxylation sites is 1. The van der Waals surface area contributed by atoms with E-state index in [0.717, 1.165) is 42.8 Å². The Morgan fingerprint density at radius 1 is 1.06 bits per heavy atom. The number of hydrogen-bond acceptors (Lipinski definition) is 6. The number of ether oxygens (including phenoxy) is 1. The molecule has 1 aliphatic carbocycles. The molecule has 1 saturated carbocycles. The van der Waals surface area contributed by atoms with Gasteiger partial charge in [0.25, 0.3) is 0 Å². The van der Waals surface area contributed by atoms with Crippen LogP contribution in [-0.4, -0.2) is 36.5 Å². The molecule has 2 aromatic rings. The molecule has 1 fully saturated rings. The Bertz CT molecular complexity index is 974. The number of amides is 2. The Labute approximate surface area is 205 Å². The molecule has 0 saturated heterocycles. The fourth-order valence-corrected chi connectivity index (χ4v) is 4.77. The lowest BCUT2D eigenvalue weighted by Crippen LogP contribution is -2.47. The lowest BCUT2D eigenvalue weighted by molar-refractivity contribution is -0.152. The van der Waals surface area contributed by atoms with Crippen molar-refractivity contribution in [3.05, 3.63) is 59.7 Å². The van der Waals surface area contributed by atoms with E-state index < -0.39 is 23.8 Å². The number of anilines is 1. The van der Waals surface area contributed by atoms with Crippen molar-refractivity contribution in [3.63, 3.8) is 0 Å². The second kappa shape index (κ2) is 13.2. The summed E-state index contributed by atoms with van der Waals surface area (Å²) in [6.45, 7) is 1.77. The molecule has 2 amide bonds. The van der Waals surface area contributed by atoms with Crippen LogP contribution < -0.4 is 16.4 Å². The SMILES string of the molecule is Cc1ccc(CSc2ccccc2NC(=O)[C@H](CC(=O)OC2CCCCC2)NC(=O)CN)cc1. The quantitative estimate of drug-likeness (QED) is 0.349. The number of nitrogens with two attached hydrogens (primary N) is 1. The average molecular weight is 484 g/mol. The van der Waals surface area contributed by atoms with Crippen molar-refractivity contribution in [3.8, 4) is 0 Å². The van der Waals surface area contributed by atoms with E-state index in [1.165, 1.54) is 11.1 Å². The second-order valence-corrected chi connectivity index (χ2v) is 9.56. The highest BCUT2D eigenvalue weighted by Gasteiger charge is 2.27. The number of aryl methyl sites for hydroxylation is 1. The molecule has 0 unspecified atom stereocenters. The normalized spacial score (nSPS) is 14.8. The Balaban J connectivity index is 1.64. The highest BCUT2D eigenvalue weighted by atomic mass is 32.2. The molecule has 3 rings (SSSR count). The van der Waals surface area contributed by atoms with Gasteiger partial charge in [0.1, 0.15) is 12.1 Å². The highest BCUT2D eigenvalue weighted by Crippen LogP contribution is 2.30. The van der Waals surface area contributed by atoms with Gasteiger partial charge in [-0.2, -0.15) is 0 Å². The van der Waals surface area contributed by atoms with Gasteiger partial charge >= 0.3 is 5.97 Å². The first-order chi connectivity index (χ1) is 16.4. The van der Waals surface area contributed by atoms with Gasteiger partial charge in [-0.05, 0) is 50.3 Å². The van der Waals surface area contributed by atoms with Crippen LogP contribution in [0.4, 0.5) is 5.69 Å². The number of rotatable bonds is 10. The largest absolute Gasteiger partial charge is 0.462 e. The lowest BCUT2D eigenvalue weighted by atomic mass is 9.98. The Morgan fingerprint density at radius 3 is 2.47 bits per heavy atom. The molecule has 0 heterocycles. The number of hydrogen-bond donors (Lipinski definition) is 3. The summed E-state index contributed by atoms with van der Waals surface area (Å²) in [5, 5.41) is 5.43. The molecule has 0 aliphatic heterocycles. The van der Waals surface area contributed by atoms with Crippen LogP contribution >= 0.6 is 11.8 Å². The van der Waals surface area contributed by atoms with Gasteiger partial charge in [0, 0.05) is 10.6 Å². The standard InChI is InChI=1S/C26H33N3O4S/c1-18-11-13-19(14-12-18)17-34-23-10-6-5-9-21(23)29-26(32)22(28-24(30)16-27)15-25(31)33-20-7-3-2-4-8-20/h5-6,9-14,20,22H,2-4,7-8,15-17,27H2,1H3,(H,28,30)(H,29,32)/t22-/m0/s1. The fraction of sp³-hybridized carbons (Fsp3) is 0.423. The van der Waals surface area contributed by atoms with E-state index in [1.807, 2.05) is 25.1 Å². The van der Waals surface area contributed by atoms with E-state index in [4.69, 9.17) is 10.5 Å². The zero-order chi connectivity index (χ0) is 24.3. The van der Waals surface area contributed by atoms with E-state index in [0.29, 0.717) is 5.69 Å². The molecule has 8 heteroatoms. The summed E-state index contributed by atoms with van der Waals surface area (Å²) in [5.41, 5.74) is 8.42. The first-order valence-electron chi connectivity index (χ1n) is 11.7. The molecule has 0 aromatic heterocycles. The van der Waals surface area contributed by atoms with Crippen LogP contribution in [-0.2, 0) is 24.9 Å². The van der Waals surface area contributed by atoms with Crippen molar-refractivity contribution < 1.29 is 19.1 Å². The van der Waals surface area contributed by atoms with E-state index in [2.05, 4.69) is 34.9 Å². The summed E-state index contributed by atoms with van der Waals surface area (Å²) in [5.74, 6) is -0.737. The number of carbonyl (C=O) groups excluding carboxylic acids is 3. The third kappa shape index (κ3) is 8.18. The van der Waals surface area contributed by atoms with Crippen molar-refractivity contribution in [1.82, 2.24) is 5.32 Å². The Kier molecular flexibility index (Phi) is 9.97. The zero-order valence-corrected chi connectivity index (χ0v) is 20.4. The van der Waals surface area contributed by atoms with Gasteiger partial charge in [0.2, 0.25) is 11.8 Å². The van der Waals surface area contributed by atoms with Gasteiger partial charge in [-0.15, -0.1) is 11.8 Å². The number of nitrogens with one attached hydrogen (secondary N) is 2. The molecule has 0 spiro atoms. The topological polar surface area (TPSA) is 111 Å². The molecule has 1 aliphatic rings. The minimum Gasteiger partial charge on any atom is -0.462 e. The van der Waals surface area contributed by atoms with E-state index in [9.17, 15) is 14.4 Å². The maximum atomic E-state index is 13.1. The third-order valence-corrected chi connectivity index (χ3v) is 6.86. The van der Waals surface area contributed by atoms with Crippen LogP contribution in [0, 0.1) is 6.92 Å². The first kappa shape index (κ1) is 25.8. The second-order valence-electron chi connectivity index (χ2n) is 8.54. The molecular formula is C26H33N3O4S. The monoisotopic (exact) mass is 483 g/mol. The minimum atomic E-state index is -1.07. The molecule has 0 radical (unpaired) electrons. The fourth-order valence-electron chi connectivity index (χ4n) is 3.81. The van der Waals surface area contributed by atoms with Gasteiger partial charge < -0.3 is 21.1 Å². The Hall–Kier alpha value is -2.84. The van der Waals surface area contributed by atoms with Gasteiger partial charge in [-0.25, -0.2) is 0 Å². The first-order valence-corrected chi connectivity index (χ1v) is 12.7. The molecule has 4 N–H and O–H groups in total. The van der Waals surface area contributed by atoms with Gasteiger partial charge in [0.05, 0.1) is 18.7 Å². The van der Waals surface area contributed by atoms with E-state index >= 15 is 0 Å². The smallest absolute Gasteiger partial charge is 0.308 e. The summed E-state index contributed by atoms with van der Waals surface area (Å²) in [7, 11) is 0. The van der Waals surface area contributed by atoms with Crippen LogP contribution in [0.25, 0.3) is 0 Å². The lowest BCUT2D eigenvalue weighted by Gasteiger charge is -2.23. The third-order valence-electron chi connectivity index (χ3n) is 5.72. The minimum absolute atomic E-state index is 0.117. The molecule has 34 heavy (non-hydrogen) atoms. The molecule has 0 bridgehead atoms. The van der Waals surface area contributed by atoms with Crippen molar-refractivity contribution in [2.45, 2.75) is 68.2 Å². The van der Waals surface area contributed by atoms with Crippen LogP contribution in [0.15, 0.2) is 53.4 Å². The van der Waals surface area contributed by atoms with Crippen LogP contribution in [0.2, 0.25) is 0 Å². The summed E-state index contributed by atoms with van der Waals surface area (Å²) in [4.78, 5) is 38.4. The molecule has 7 nitrogen and oxygen atoms in total.